The van der Waals surface area contributed by atoms with Gasteiger partial charge in [0.05, 0.1) is 11.4 Å². The van der Waals surface area contributed by atoms with Crippen molar-refractivity contribution in [1.82, 2.24) is 19.7 Å². The molecule has 4 rings (SSSR count). The summed E-state index contributed by atoms with van der Waals surface area (Å²) in [7, 11) is 4.10. The summed E-state index contributed by atoms with van der Waals surface area (Å²) in [5.74, 6) is 1.41. The van der Waals surface area contributed by atoms with Crippen LogP contribution in [0.3, 0.4) is 0 Å². The lowest BCUT2D eigenvalue weighted by molar-refractivity contribution is 0.452. The Kier molecular flexibility index (Phi) is 10.9. The van der Waals surface area contributed by atoms with Gasteiger partial charge in [0.1, 0.15) is 11.5 Å². The van der Waals surface area contributed by atoms with E-state index in [1.165, 1.54) is 36.7 Å². The first-order valence-electron chi connectivity index (χ1n) is 12.2. The Morgan fingerprint density at radius 1 is 1.21 bits per heavy atom. The average molecular weight is 451 g/mol. The molecule has 6 heteroatoms. The van der Waals surface area contributed by atoms with E-state index >= 15 is 0 Å². The molecule has 3 aromatic rings. The molecule has 2 aromatic heterocycles. The Hall–Kier alpha value is -2.86. The highest BCUT2D eigenvalue weighted by molar-refractivity contribution is 5.93. The lowest BCUT2D eigenvalue weighted by Gasteiger charge is -2.15. The summed E-state index contributed by atoms with van der Waals surface area (Å²) < 4.78 is 4.49. The Morgan fingerprint density at radius 3 is 2.61 bits per heavy atom. The number of nitrogens with zero attached hydrogens (tertiary/aromatic N) is 4. The number of nitrogens with one attached hydrogen (secondary N) is 1. The zero-order valence-electron chi connectivity index (χ0n) is 21.3. The highest BCUT2D eigenvalue weighted by Crippen LogP contribution is 2.38. The molecule has 0 spiro atoms. The van der Waals surface area contributed by atoms with Crippen LogP contribution in [-0.2, 0) is 7.05 Å². The van der Waals surface area contributed by atoms with Crippen LogP contribution in [0.25, 0.3) is 11.0 Å². The van der Waals surface area contributed by atoms with Crippen molar-refractivity contribution in [2.45, 2.75) is 59.4 Å². The van der Waals surface area contributed by atoms with Gasteiger partial charge in [0.2, 0.25) is 0 Å². The monoisotopic (exact) mass is 450 g/mol. The van der Waals surface area contributed by atoms with Gasteiger partial charge < -0.3 is 15.6 Å². The van der Waals surface area contributed by atoms with Crippen LogP contribution in [-0.4, -0.2) is 33.8 Å². The van der Waals surface area contributed by atoms with Crippen molar-refractivity contribution in [3.63, 3.8) is 0 Å². The molecule has 1 aliphatic rings. The average Bonchev–Trinajstić information content (AvgIpc) is 3.53. The number of aliphatic imine (C=N–C) groups is 1. The zero-order valence-corrected chi connectivity index (χ0v) is 21.3. The second kappa shape index (κ2) is 13.6. The number of benzene rings is 1. The molecule has 33 heavy (non-hydrogen) atoms. The van der Waals surface area contributed by atoms with Crippen molar-refractivity contribution in [3.05, 3.63) is 60.4 Å². The Morgan fingerprint density at radius 2 is 1.94 bits per heavy atom. The number of rotatable bonds is 6. The fraction of sp³-hybridized carbons (Fsp3) is 0.481. The molecule has 2 unspecified atom stereocenters. The van der Waals surface area contributed by atoms with Crippen molar-refractivity contribution in [3.8, 4) is 0 Å². The second-order valence-corrected chi connectivity index (χ2v) is 8.27. The molecule has 0 saturated heterocycles. The highest BCUT2D eigenvalue weighted by atomic mass is 15.3. The van der Waals surface area contributed by atoms with E-state index in [1.807, 2.05) is 68.9 Å². The number of para-hydroxylation sites is 1. The third kappa shape index (κ3) is 7.32. The third-order valence-corrected chi connectivity index (χ3v) is 5.94. The molecule has 1 aliphatic carbocycles. The van der Waals surface area contributed by atoms with Crippen molar-refractivity contribution in [2.75, 3.05) is 13.6 Å². The van der Waals surface area contributed by atoms with E-state index in [4.69, 9.17) is 5.73 Å². The normalized spacial score (nSPS) is 18.2. The number of hydrogen-bond donors (Lipinski definition) is 2. The van der Waals surface area contributed by atoms with E-state index < -0.39 is 0 Å². The molecule has 3 N–H and O–H groups in total. The van der Waals surface area contributed by atoms with Gasteiger partial charge in [-0.15, -0.1) is 0 Å². The molecular formula is C27H42N6. The van der Waals surface area contributed by atoms with Crippen LogP contribution < -0.4 is 11.1 Å². The first-order valence-corrected chi connectivity index (χ1v) is 12.2. The fourth-order valence-electron chi connectivity index (χ4n) is 4.46. The largest absolute Gasteiger partial charge is 0.384 e. The molecule has 1 aromatic carbocycles. The maximum Gasteiger partial charge on any atom is 0.138 e. The van der Waals surface area contributed by atoms with Gasteiger partial charge in [0.25, 0.3) is 0 Å². The number of aryl methyl sites for hydroxylation is 2. The van der Waals surface area contributed by atoms with Crippen LogP contribution in [0.15, 0.2) is 59.7 Å². The van der Waals surface area contributed by atoms with Crippen LogP contribution in [0, 0.1) is 12.8 Å². The standard InChI is InChI=1S/C15H24N4.C10H12N2.C2H6/c1-11-14-7-9-19(15(14)18(3)17-11)13-5-4-12(10-13)6-8-16-2;1-2-6-10(11)12-9-7-4-3-5-8-9;1-2/h7,9,12-13,16H,4-6,8,10H2,1-3H3;2-8H,1H3,(H2,11,12);1-2H3/b;6-2-;. The molecule has 180 valence electrons. The zero-order chi connectivity index (χ0) is 24.2. The first-order chi connectivity index (χ1) is 16.0. The quantitative estimate of drug-likeness (QED) is 0.362. The number of nitrogens with two attached hydrogens (primary N) is 1. The van der Waals surface area contributed by atoms with E-state index in [2.05, 4.69) is 46.2 Å². The van der Waals surface area contributed by atoms with E-state index in [0.717, 1.165) is 23.8 Å². The first kappa shape index (κ1) is 26.4. The van der Waals surface area contributed by atoms with Crippen LogP contribution in [0.5, 0.6) is 0 Å². The maximum atomic E-state index is 5.58. The molecule has 6 nitrogen and oxygen atoms in total. The molecule has 0 bridgehead atoms. The Balaban J connectivity index is 0.000000238. The van der Waals surface area contributed by atoms with E-state index in [-0.39, 0.29) is 0 Å². The summed E-state index contributed by atoms with van der Waals surface area (Å²) >= 11 is 0. The van der Waals surface area contributed by atoms with Gasteiger partial charge in [-0.3, -0.25) is 4.68 Å². The number of amidine groups is 1. The summed E-state index contributed by atoms with van der Waals surface area (Å²) in [5, 5.41) is 9.11. The van der Waals surface area contributed by atoms with Crippen LogP contribution in [0.4, 0.5) is 5.69 Å². The maximum absolute atomic E-state index is 5.58. The highest BCUT2D eigenvalue weighted by Gasteiger charge is 2.27. The van der Waals surface area contributed by atoms with E-state index in [0.29, 0.717) is 11.9 Å². The van der Waals surface area contributed by atoms with E-state index in [9.17, 15) is 0 Å². The van der Waals surface area contributed by atoms with Gasteiger partial charge >= 0.3 is 0 Å². The van der Waals surface area contributed by atoms with Crippen molar-refractivity contribution < 1.29 is 0 Å². The predicted molar refractivity (Wildman–Crippen MR) is 142 cm³/mol. The van der Waals surface area contributed by atoms with Crippen LogP contribution in [0.2, 0.25) is 0 Å². The van der Waals surface area contributed by atoms with Gasteiger partial charge in [0.15, 0.2) is 0 Å². The number of fused-ring (bicyclic) bond motifs is 1. The molecule has 2 atom stereocenters. The summed E-state index contributed by atoms with van der Waals surface area (Å²) in [5.41, 5.74) is 8.89. The summed E-state index contributed by atoms with van der Waals surface area (Å²) in [4.78, 5) is 4.16. The summed E-state index contributed by atoms with van der Waals surface area (Å²) in [6, 6.07) is 12.5. The van der Waals surface area contributed by atoms with Crippen molar-refractivity contribution in [2.24, 2.45) is 23.7 Å². The summed E-state index contributed by atoms with van der Waals surface area (Å²) in [6.45, 7) is 9.15. The number of allylic oxidation sites excluding steroid dienone is 1. The fourth-order valence-corrected chi connectivity index (χ4v) is 4.46. The predicted octanol–water partition coefficient (Wildman–Crippen LogP) is 5.91. The van der Waals surface area contributed by atoms with Crippen LogP contribution >= 0.6 is 0 Å². The van der Waals surface area contributed by atoms with Gasteiger partial charge in [-0.1, -0.05) is 38.1 Å². The van der Waals surface area contributed by atoms with Gasteiger partial charge in [0, 0.05) is 24.7 Å². The minimum atomic E-state index is 0.531. The minimum Gasteiger partial charge on any atom is -0.384 e. The molecule has 1 fully saturated rings. The van der Waals surface area contributed by atoms with Crippen LogP contribution in [0.1, 0.15) is 58.2 Å². The molecular weight excluding hydrogens is 408 g/mol. The minimum absolute atomic E-state index is 0.531. The van der Waals surface area contributed by atoms with Gasteiger partial charge in [-0.05, 0) is 83.3 Å². The lowest BCUT2D eigenvalue weighted by Crippen LogP contribution is -2.12. The van der Waals surface area contributed by atoms with Gasteiger partial charge in [-0.2, -0.15) is 5.10 Å². The molecule has 0 aliphatic heterocycles. The smallest absolute Gasteiger partial charge is 0.138 e. The summed E-state index contributed by atoms with van der Waals surface area (Å²) in [6.07, 6.45) is 11.2. The molecule has 1 saturated carbocycles. The number of aromatic nitrogens is 3. The Labute approximate surface area is 199 Å². The Bertz CT molecular complexity index is 1010. The third-order valence-electron chi connectivity index (χ3n) is 5.94. The topological polar surface area (TPSA) is 73.2 Å². The van der Waals surface area contributed by atoms with Gasteiger partial charge in [-0.25, -0.2) is 4.99 Å². The molecule has 0 amide bonds. The van der Waals surface area contributed by atoms with E-state index in [1.54, 1.807) is 6.08 Å². The van der Waals surface area contributed by atoms with Crippen molar-refractivity contribution in [1.29, 1.82) is 0 Å². The molecule has 0 radical (unpaired) electrons. The second-order valence-electron chi connectivity index (χ2n) is 8.27. The SMILES string of the molecule is C/C=C\C(N)=Nc1ccccc1.CC.CNCCC1CCC(n2ccc3c(C)nn(C)c32)C1. The number of hydrogen-bond acceptors (Lipinski definition) is 3. The molecule has 2 heterocycles. The lowest BCUT2D eigenvalue weighted by atomic mass is 10.0. The van der Waals surface area contributed by atoms with Crippen molar-refractivity contribution >= 4 is 22.6 Å².